The van der Waals surface area contributed by atoms with Crippen LogP contribution in [0.2, 0.25) is 0 Å². The van der Waals surface area contributed by atoms with Crippen LogP contribution in [0.1, 0.15) is 38.5 Å². The fourth-order valence-electron chi connectivity index (χ4n) is 3.42. The summed E-state index contributed by atoms with van der Waals surface area (Å²) in [4.78, 5) is 12.1. The molecule has 21 heavy (non-hydrogen) atoms. The van der Waals surface area contributed by atoms with Crippen molar-refractivity contribution in [2.45, 2.75) is 50.2 Å². The normalized spacial score (nSPS) is 23.3. The van der Waals surface area contributed by atoms with Crippen molar-refractivity contribution in [1.82, 2.24) is 10.2 Å². The highest BCUT2D eigenvalue weighted by Gasteiger charge is 2.44. The average Bonchev–Trinajstić information content (AvgIpc) is 3.03. The lowest BCUT2D eigenvalue weighted by molar-refractivity contribution is -0.124. The van der Waals surface area contributed by atoms with E-state index < -0.39 is 0 Å². The van der Waals surface area contributed by atoms with E-state index in [1.54, 1.807) is 6.20 Å². The molecule has 1 amide bonds. The lowest BCUT2D eigenvalue weighted by Crippen LogP contribution is -2.37. The maximum atomic E-state index is 12.1. The summed E-state index contributed by atoms with van der Waals surface area (Å²) >= 11 is 0. The third-order valence-corrected chi connectivity index (χ3v) is 4.74. The molecule has 1 aromatic carbocycles. The van der Waals surface area contributed by atoms with Crippen LogP contribution < -0.4 is 5.32 Å². The first-order valence-electron chi connectivity index (χ1n) is 7.63. The molecule has 1 aromatic heterocycles. The number of carbonyl (C=O) groups is 1. The van der Waals surface area contributed by atoms with Crippen LogP contribution in [0.4, 0.5) is 5.69 Å². The second-order valence-electron chi connectivity index (χ2n) is 6.24. The minimum atomic E-state index is 0.0271. The molecule has 0 radical (unpaired) electrons. The number of benzene rings is 1. The first kappa shape index (κ1) is 12.8. The minimum absolute atomic E-state index is 0.0271. The molecule has 1 saturated carbocycles. The van der Waals surface area contributed by atoms with Crippen molar-refractivity contribution in [2.75, 3.05) is 5.32 Å². The monoisotopic (exact) mass is 285 g/mol. The van der Waals surface area contributed by atoms with Crippen LogP contribution in [0, 0.1) is 0 Å². The molecule has 2 heterocycles. The molecule has 2 aliphatic rings. The Kier molecular flexibility index (Phi) is 2.96. The molecule has 1 atom stereocenters. The molecule has 1 aliphatic heterocycles. The highest BCUT2D eigenvalue weighted by atomic mass is 16.5. The van der Waals surface area contributed by atoms with Crippen LogP contribution in [0.15, 0.2) is 24.4 Å². The highest BCUT2D eigenvalue weighted by Crippen LogP contribution is 2.46. The van der Waals surface area contributed by atoms with Gasteiger partial charge in [-0.3, -0.25) is 9.89 Å². The third-order valence-electron chi connectivity index (χ3n) is 4.74. The first-order chi connectivity index (χ1) is 10.2. The molecule has 0 bridgehead atoms. The predicted octanol–water partition coefficient (Wildman–Crippen LogP) is 2.99. The van der Waals surface area contributed by atoms with Crippen LogP contribution in [-0.2, 0) is 9.53 Å². The minimum Gasteiger partial charge on any atom is -0.371 e. The van der Waals surface area contributed by atoms with Gasteiger partial charge in [0.15, 0.2) is 0 Å². The number of hydrogen-bond acceptors (Lipinski definition) is 3. The molecular weight excluding hydrogens is 266 g/mol. The SMILES string of the molecule is O=C(CC1CCC2(CCC2)O1)Nc1ccc2[nH]ncc2c1. The molecule has 1 saturated heterocycles. The Morgan fingerprint density at radius 2 is 2.33 bits per heavy atom. The van der Waals surface area contributed by atoms with Crippen molar-refractivity contribution in [1.29, 1.82) is 0 Å². The summed E-state index contributed by atoms with van der Waals surface area (Å²) in [6.07, 6.45) is 8.02. The van der Waals surface area contributed by atoms with Gasteiger partial charge in [-0.15, -0.1) is 0 Å². The molecule has 2 fully saturated rings. The van der Waals surface area contributed by atoms with Gasteiger partial charge in [-0.25, -0.2) is 0 Å². The Hall–Kier alpha value is -1.88. The zero-order valence-corrected chi connectivity index (χ0v) is 11.9. The van der Waals surface area contributed by atoms with Crippen molar-refractivity contribution in [3.8, 4) is 0 Å². The Balaban J connectivity index is 1.37. The van der Waals surface area contributed by atoms with Gasteiger partial charge in [-0.1, -0.05) is 0 Å². The summed E-state index contributed by atoms with van der Waals surface area (Å²) in [7, 11) is 0. The van der Waals surface area contributed by atoms with Crippen molar-refractivity contribution in [2.24, 2.45) is 0 Å². The Morgan fingerprint density at radius 1 is 1.43 bits per heavy atom. The number of nitrogens with one attached hydrogen (secondary N) is 2. The number of ether oxygens (including phenoxy) is 1. The average molecular weight is 285 g/mol. The van der Waals surface area contributed by atoms with Crippen molar-refractivity contribution < 1.29 is 9.53 Å². The molecule has 110 valence electrons. The summed E-state index contributed by atoms with van der Waals surface area (Å²) in [5.74, 6) is 0.0271. The molecule has 4 rings (SSSR count). The van der Waals surface area contributed by atoms with Gasteiger partial charge in [0.1, 0.15) is 0 Å². The molecule has 1 unspecified atom stereocenters. The third kappa shape index (κ3) is 2.42. The number of carbonyl (C=O) groups excluding carboxylic acids is 1. The number of H-pyrrole nitrogens is 1. The van der Waals surface area contributed by atoms with E-state index in [4.69, 9.17) is 4.74 Å². The van der Waals surface area contributed by atoms with Gasteiger partial charge < -0.3 is 10.1 Å². The zero-order valence-electron chi connectivity index (χ0n) is 11.9. The van der Waals surface area contributed by atoms with Gasteiger partial charge in [0.05, 0.1) is 29.8 Å². The fourth-order valence-corrected chi connectivity index (χ4v) is 3.42. The second-order valence-corrected chi connectivity index (χ2v) is 6.24. The maximum Gasteiger partial charge on any atom is 0.226 e. The number of amides is 1. The number of nitrogens with zero attached hydrogens (tertiary/aromatic N) is 1. The molecule has 1 spiro atoms. The van der Waals surface area contributed by atoms with Gasteiger partial charge >= 0.3 is 0 Å². The van der Waals surface area contributed by atoms with Gasteiger partial charge in [-0.05, 0) is 50.3 Å². The Labute approximate surface area is 123 Å². The number of aromatic nitrogens is 2. The van der Waals surface area contributed by atoms with E-state index in [0.717, 1.165) is 29.4 Å². The summed E-state index contributed by atoms with van der Waals surface area (Å²) < 4.78 is 6.08. The predicted molar refractivity (Wildman–Crippen MR) is 80.0 cm³/mol. The van der Waals surface area contributed by atoms with Crippen molar-refractivity contribution in [3.63, 3.8) is 0 Å². The van der Waals surface area contributed by atoms with E-state index in [-0.39, 0.29) is 17.6 Å². The molecule has 5 nitrogen and oxygen atoms in total. The quantitative estimate of drug-likeness (QED) is 0.911. The zero-order chi connectivity index (χ0) is 14.3. The summed E-state index contributed by atoms with van der Waals surface area (Å²) in [5, 5.41) is 10.8. The van der Waals surface area contributed by atoms with Crippen LogP contribution >= 0.6 is 0 Å². The van der Waals surface area contributed by atoms with Crippen LogP contribution in [0.3, 0.4) is 0 Å². The maximum absolute atomic E-state index is 12.1. The van der Waals surface area contributed by atoms with Gasteiger partial charge in [0, 0.05) is 11.1 Å². The lowest BCUT2D eigenvalue weighted by Gasteiger charge is -2.37. The van der Waals surface area contributed by atoms with Crippen LogP contribution in [0.5, 0.6) is 0 Å². The second kappa shape index (κ2) is 4.84. The molecule has 5 heteroatoms. The number of fused-ring (bicyclic) bond motifs is 1. The van der Waals surface area contributed by atoms with Crippen molar-refractivity contribution >= 4 is 22.5 Å². The standard InChI is InChI=1S/C16H19N3O2/c20-15(9-13-4-7-16(21-13)5-1-6-16)18-12-2-3-14-11(8-12)10-17-19-14/h2-3,8,10,13H,1,4-7,9H2,(H,17,19)(H,18,20). The largest absolute Gasteiger partial charge is 0.371 e. The Morgan fingerprint density at radius 3 is 3.10 bits per heavy atom. The lowest BCUT2D eigenvalue weighted by atomic mass is 9.78. The molecule has 2 N–H and O–H groups in total. The summed E-state index contributed by atoms with van der Waals surface area (Å²) in [6, 6.07) is 5.74. The van der Waals surface area contributed by atoms with E-state index in [1.165, 1.54) is 19.3 Å². The molecular formula is C16H19N3O2. The topological polar surface area (TPSA) is 67.0 Å². The van der Waals surface area contributed by atoms with Gasteiger partial charge in [0.2, 0.25) is 5.91 Å². The molecule has 2 aromatic rings. The number of anilines is 1. The van der Waals surface area contributed by atoms with Gasteiger partial charge in [-0.2, -0.15) is 5.10 Å². The molecule has 1 aliphatic carbocycles. The Bertz CT molecular complexity index is 675. The van der Waals surface area contributed by atoms with E-state index in [2.05, 4.69) is 15.5 Å². The van der Waals surface area contributed by atoms with Gasteiger partial charge in [0.25, 0.3) is 0 Å². The smallest absolute Gasteiger partial charge is 0.226 e. The fraction of sp³-hybridized carbons (Fsp3) is 0.500. The van der Waals surface area contributed by atoms with E-state index in [1.807, 2.05) is 18.2 Å². The van der Waals surface area contributed by atoms with Crippen LogP contribution in [-0.4, -0.2) is 27.8 Å². The van der Waals surface area contributed by atoms with E-state index in [0.29, 0.717) is 6.42 Å². The van der Waals surface area contributed by atoms with E-state index >= 15 is 0 Å². The number of rotatable bonds is 3. The van der Waals surface area contributed by atoms with Crippen LogP contribution in [0.25, 0.3) is 10.9 Å². The number of aromatic amines is 1. The summed E-state index contributed by atoms with van der Waals surface area (Å²) in [6.45, 7) is 0. The summed E-state index contributed by atoms with van der Waals surface area (Å²) in [5.41, 5.74) is 1.91. The van der Waals surface area contributed by atoms with Crippen molar-refractivity contribution in [3.05, 3.63) is 24.4 Å². The highest BCUT2D eigenvalue weighted by molar-refractivity contribution is 5.93. The van der Waals surface area contributed by atoms with E-state index in [9.17, 15) is 4.79 Å². The number of hydrogen-bond donors (Lipinski definition) is 2. The first-order valence-corrected chi connectivity index (χ1v) is 7.63.